The Kier molecular flexibility index (Phi) is 7.22. The lowest BCUT2D eigenvalue weighted by Crippen LogP contribution is -2.41. The van der Waals surface area contributed by atoms with Crippen molar-refractivity contribution in [1.29, 1.82) is 0 Å². The van der Waals surface area contributed by atoms with Crippen LogP contribution < -0.4 is 9.47 Å². The second-order valence-corrected chi connectivity index (χ2v) is 4.99. The van der Waals surface area contributed by atoms with E-state index in [9.17, 15) is 9.59 Å². The molecule has 0 atom stereocenters. The normalized spacial score (nSPS) is 10.4. The lowest BCUT2D eigenvalue weighted by Gasteiger charge is -2.26. The zero-order valence-electron chi connectivity index (χ0n) is 13.2. The molecule has 0 unspecified atom stereocenters. The van der Waals surface area contributed by atoms with Crippen LogP contribution in [0.3, 0.4) is 0 Å². The van der Waals surface area contributed by atoms with E-state index in [4.69, 9.17) is 14.6 Å². The summed E-state index contributed by atoms with van der Waals surface area (Å²) in [5.41, 5.74) is 0. The molecule has 6 nitrogen and oxygen atoms in total. The van der Waals surface area contributed by atoms with Crippen molar-refractivity contribution in [1.82, 2.24) is 4.90 Å². The van der Waals surface area contributed by atoms with Gasteiger partial charge in [-0.3, -0.25) is 9.59 Å². The van der Waals surface area contributed by atoms with Crippen molar-refractivity contribution < 1.29 is 24.2 Å². The number of carboxylic acids is 1. The third-order valence-corrected chi connectivity index (χ3v) is 3.01. The Balaban J connectivity index is 2.64. The number of ether oxygens (including phenoxy) is 2. The SMILES string of the molecule is CCOc1ccccc1OCC(=O)N(CCC(=O)O)C(C)C. The van der Waals surface area contributed by atoms with Gasteiger partial charge < -0.3 is 19.5 Å². The van der Waals surface area contributed by atoms with E-state index >= 15 is 0 Å². The van der Waals surface area contributed by atoms with Gasteiger partial charge in [0.05, 0.1) is 13.0 Å². The highest BCUT2D eigenvalue weighted by molar-refractivity contribution is 5.78. The second kappa shape index (κ2) is 8.92. The number of benzene rings is 1. The predicted octanol–water partition coefficient (Wildman–Crippen LogP) is 2.18. The molecule has 0 aliphatic carbocycles. The Labute approximate surface area is 130 Å². The summed E-state index contributed by atoms with van der Waals surface area (Å²) in [4.78, 5) is 24.4. The van der Waals surface area contributed by atoms with Crippen molar-refractivity contribution in [3.05, 3.63) is 24.3 Å². The quantitative estimate of drug-likeness (QED) is 0.756. The number of carbonyl (C=O) groups excluding carboxylic acids is 1. The van der Waals surface area contributed by atoms with Crippen molar-refractivity contribution in [2.24, 2.45) is 0 Å². The highest BCUT2D eigenvalue weighted by Gasteiger charge is 2.19. The summed E-state index contributed by atoms with van der Waals surface area (Å²) in [5, 5.41) is 8.74. The third kappa shape index (κ3) is 5.63. The summed E-state index contributed by atoms with van der Waals surface area (Å²) in [6, 6.07) is 7.04. The van der Waals surface area contributed by atoms with Gasteiger partial charge in [-0.15, -0.1) is 0 Å². The van der Waals surface area contributed by atoms with Crippen LogP contribution in [0.2, 0.25) is 0 Å². The number of rotatable bonds is 9. The minimum absolute atomic E-state index is 0.0839. The topological polar surface area (TPSA) is 76.1 Å². The monoisotopic (exact) mass is 309 g/mol. The van der Waals surface area contributed by atoms with Gasteiger partial charge in [0.2, 0.25) is 0 Å². The highest BCUT2D eigenvalue weighted by Crippen LogP contribution is 2.26. The summed E-state index contributed by atoms with van der Waals surface area (Å²) in [6.45, 7) is 6.07. The standard InChI is InChI=1S/C16H23NO5/c1-4-21-13-7-5-6-8-14(13)22-11-15(18)17(12(2)3)10-9-16(19)20/h5-8,12H,4,9-11H2,1-3H3,(H,19,20). The molecule has 22 heavy (non-hydrogen) atoms. The zero-order valence-corrected chi connectivity index (χ0v) is 13.2. The fourth-order valence-electron chi connectivity index (χ4n) is 1.95. The fourth-order valence-corrected chi connectivity index (χ4v) is 1.95. The van der Waals surface area contributed by atoms with Gasteiger partial charge in [-0.05, 0) is 32.9 Å². The van der Waals surface area contributed by atoms with Crippen LogP contribution in [-0.2, 0) is 9.59 Å². The Bertz CT molecular complexity index is 501. The Hall–Kier alpha value is -2.24. The molecule has 1 N–H and O–H groups in total. The second-order valence-electron chi connectivity index (χ2n) is 4.99. The molecule has 1 amide bonds. The number of hydrogen-bond donors (Lipinski definition) is 1. The first-order valence-corrected chi connectivity index (χ1v) is 7.31. The van der Waals surface area contributed by atoms with Crippen LogP contribution in [-0.4, -0.2) is 47.7 Å². The van der Waals surface area contributed by atoms with Gasteiger partial charge in [-0.25, -0.2) is 0 Å². The lowest BCUT2D eigenvalue weighted by molar-refractivity contribution is -0.139. The van der Waals surface area contributed by atoms with Crippen LogP contribution in [0.4, 0.5) is 0 Å². The minimum Gasteiger partial charge on any atom is -0.490 e. The number of carboxylic acid groups (broad SMARTS) is 1. The number of nitrogens with zero attached hydrogens (tertiary/aromatic N) is 1. The average molecular weight is 309 g/mol. The first-order valence-electron chi connectivity index (χ1n) is 7.31. The van der Waals surface area contributed by atoms with Gasteiger partial charge in [0.25, 0.3) is 5.91 Å². The Morgan fingerprint density at radius 3 is 2.27 bits per heavy atom. The first kappa shape index (κ1) is 17.8. The number of amides is 1. The van der Waals surface area contributed by atoms with Gasteiger partial charge in [0, 0.05) is 12.6 Å². The number of hydrogen-bond acceptors (Lipinski definition) is 4. The van der Waals surface area contributed by atoms with Crippen LogP contribution in [0.15, 0.2) is 24.3 Å². The van der Waals surface area contributed by atoms with E-state index < -0.39 is 5.97 Å². The van der Waals surface area contributed by atoms with Crippen molar-refractivity contribution in [2.75, 3.05) is 19.8 Å². The maximum absolute atomic E-state index is 12.2. The van der Waals surface area contributed by atoms with E-state index in [1.165, 1.54) is 4.90 Å². The summed E-state index contributed by atoms with van der Waals surface area (Å²) in [5.74, 6) is -0.0947. The predicted molar refractivity (Wildman–Crippen MR) is 82.2 cm³/mol. The maximum atomic E-state index is 12.2. The molecule has 0 radical (unpaired) electrons. The van der Waals surface area contributed by atoms with Gasteiger partial charge in [-0.1, -0.05) is 12.1 Å². The fraction of sp³-hybridized carbons (Fsp3) is 0.500. The number of para-hydroxylation sites is 2. The van der Waals surface area contributed by atoms with Crippen molar-refractivity contribution in [3.8, 4) is 11.5 Å². The molecule has 0 aliphatic rings. The molecule has 1 aromatic carbocycles. The minimum atomic E-state index is -0.930. The van der Waals surface area contributed by atoms with Crippen molar-refractivity contribution >= 4 is 11.9 Å². The van der Waals surface area contributed by atoms with Crippen LogP contribution in [0.25, 0.3) is 0 Å². The van der Waals surface area contributed by atoms with Gasteiger partial charge in [0.1, 0.15) is 0 Å². The Morgan fingerprint density at radius 1 is 1.18 bits per heavy atom. The van der Waals surface area contributed by atoms with E-state index in [1.807, 2.05) is 26.8 Å². The molecule has 0 heterocycles. The van der Waals surface area contributed by atoms with Crippen LogP contribution in [0, 0.1) is 0 Å². The lowest BCUT2D eigenvalue weighted by atomic mass is 10.2. The van der Waals surface area contributed by atoms with Gasteiger partial charge in [-0.2, -0.15) is 0 Å². The highest BCUT2D eigenvalue weighted by atomic mass is 16.5. The van der Waals surface area contributed by atoms with Gasteiger partial charge in [0.15, 0.2) is 18.1 Å². The summed E-state index contributed by atoms with van der Waals surface area (Å²) >= 11 is 0. The van der Waals surface area contributed by atoms with Crippen molar-refractivity contribution in [3.63, 3.8) is 0 Å². The number of carbonyl (C=O) groups is 2. The van der Waals surface area contributed by atoms with Crippen LogP contribution >= 0.6 is 0 Å². The molecule has 6 heteroatoms. The molecule has 1 aromatic rings. The van der Waals surface area contributed by atoms with E-state index in [1.54, 1.807) is 18.2 Å². The molecule has 0 fully saturated rings. The smallest absolute Gasteiger partial charge is 0.305 e. The molecule has 0 saturated heterocycles. The van der Waals surface area contributed by atoms with Crippen LogP contribution in [0.1, 0.15) is 27.2 Å². The average Bonchev–Trinajstić information content (AvgIpc) is 2.46. The molecule has 1 rings (SSSR count). The van der Waals surface area contributed by atoms with E-state index in [-0.39, 0.29) is 31.5 Å². The Morgan fingerprint density at radius 2 is 1.77 bits per heavy atom. The van der Waals surface area contributed by atoms with E-state index in [2.05, 4.69) is 0 Å². The summed E-state index contributed by atoms with van der Waals surface area (Å²) in [6.07, 6.45) is -0.0839. The molecule has 0 aliphatic heterocycles. The first-order chi connectivity index (χ1) is 10.5. The largest absolute Gasteiger partial charge is 0.490 e. The number of aliphatic carboxylic acids is 1. The maximum Gasteiger partial charge on any atom is 0.305 e. The summed E-state index contributed by atoms with van der Waals surface area (Å²) < 4.78 is 11.0. The molecule has 0 saturated carbocycles. The molecular formula is C16H23NO5. The molecule has 0 aromatic heterocycles. The molecule has 0 bridgehead atoms. The van der Waals surface area contributed by atoms with Crippen LogP contribution in [0.5, 0.6) is 11.5 Å². The summed E-state index contributed by atoms with van der Waals surface area (Å²) in [7, 11) is 0. The third-order valence-electron chi connectivity index (χ3n) is 3.01. The van der Waals surface area contributed by atoms with Crippen molar-refractivity contribution in [2.45, 2.75) is 33.2 Å². The molecule has 0 spiro atoms. The van der Waals surface area contributed by atoms with Gasteiger partial charge >= 0.3 is 5.97 Å². The van der Waals surface area contributed by atoms with E-state index in [0.717, 1.165) is 0 Å². The molecular weight excluding hydrogens is 286 g/mol. The zero-order chi connectivity index (χ0) is 16.5. The molecule has 122 valence electrons. The van der Waals surface area contributed by atoms with E-state index in [0.29, 0.717) is 18.1 Å².